The second-order valence-electron chi connectivity index (χ2n) is 8.22. The SMILES string of the molecule is CCOc1cc(C2C(C#N)=C(N)Oc3n[nH]c(C)c32)ccc1OCC(=O)Nc1cccc(C)c1C. The molecule has 180 valence electrons. The van der Waals surface area contributed by atoms with Crippen molar-refractivity contribution in [3.8, 4) is 23.4 Å². The zero-order valence-corrected chi connectivity index (χ0v) is 20.1. The number of hydrogen-bond acceptors (Lipinski definition) is 7. The summed E-state index contributed by atoms with van der Waals surface area (Å²) in [6.07, 6.45) is 0. The van der Waals surface area contributed by atoms with Crippen LogP contribution >= 0.6 is 0 Å². The van der Waals surface area contributed by atoms with Crippen LogP contribution in [0.1, 0.15) is 40.8 Å². The largest absolute Gasteiger partial charge is 0.490 e. The topological polar surface area (TPSA) is 135 Å². The maximum absolute atomic E-state index is 12.5. The molecule has 2 heterocycles. The van der Waals surface area contributed by atoms with Gasteiger partial charge in [-0.05, 0) is 62.6 Å². The van der Waals surface area contributed by atoms with Gasteiger partial charge in [0, 0.05) is 16.9 Å². The first kappa shape index (κ1) is 23.7. The zero-order valence-electron chi connectivity index (χ0n) is 20.1. The number of nitrogens with zero attached hydrogens (tertiary/aromatic N) is 2. The summed E-state index contributed by atoms with van der Waals surface area (Å²) in [5.74, 6) is 0.454. The summed E-state index contributed by atoms with van der Waals surface area (Å²) >= 11 is 0. The predicted molar refractivity (Wildman–Crippen MR) is 130 cm³/mol. The van der Waals surface area contributed by atoms with Crippen molar-refractivity contribution in [2.24, 2.45) is 5.73 Å². The lowest BCUT2D eigenvalue weighted by Crippen LogP contribution is -2.22. The van der Waals surface area contributed by atoms with Crippen molar-refractivity contribution < 1.29 is 19.0 Å². The summed E-state index contributed by atoms with van der Waals surface area (Å²) in [5.41, 5.74) is 11.4. The second kappa shape index (κ2) is 9.81. The van der Waals surface area contributed by atoms with Gasteiger partial charge < -0.3 is 25.3 Å². The van der Waals surface area contributed by atoms with Crippen molar-refractivity contribution in [3.05, 3.63) is 75.8 Å². The number of aromatic amines is 1. The molecule has 1 amide bonds. The van der Waals surface area contributed by atoms with E-state index in [0.717, 1.165) is 33.6 Å². The standard InChI is InChI=1S/C26H27N5O4/c1-5-33-21-11-17(24-18(12-27)25(28)35-26-23(24)16(4)30-31-26)9-10-20(21)34-13-22(32)29-19-8-6-7-14(2)15(19)3/h6-11,24H,5,13,28H2,1-4H3,(H,29,32)(H,30,31). The number of ether oxygens (including phenoxy) is 3. The van der Waals surface area contributed by atoms with E-state index in [1.54, 1.807) is 12.1 Å². The number of nitriles is 1. The molecule has 1 aliphatic heterocycles. The number of carbonyl (C=O) groups excluding carboxylic acids is 1. The molecule has 0 spiro atoms. The van der Waals surface area contributed by atoms with Gasteiger partial charge >= 0.3 is 0 Å². The number of carbonyl (C=O) groups is 1. The van der Waals surface area contributed by atoms with Crippen molar-refractivity contribution in [3.63, 3.8) is 0 Å². The van der Waals surface area contributed by atoms with Crippen LogP contribution in [0.5, 0.6) is 17.4 Å². The number of allylic oxidation sites excluding steroid dienone is 1. The van der Waals surface area contributed by atoms with Crippen LogP contribution < -0.4 is 25.3 Å². The Labute approximate surface area is 203 Å². The number of anilines is 1. The molecule has 1 unspecified atom stereocenters. The van der Waals surface area contributed by atoms with Gasteiger partial charge in [-0.3, -0.25) is 9.89 Å². The number of aromatic nitrogens is 2. The smallest absolute Gasteiger partial charge is 0.262 e. The maximum atomic E-state index is 12.5. The molecule has 0 bridgehead atoms. The Bertz CT molecular complexity index is 1350. The fraction of sp³-hybridized carbons (Fsp3) is 0.269. The normalized spacial score (nSPS) is 14.5. The van der Waals surface area contributed by atoms with Gasteiger partial charge in [-0.15, -0.1) is 5.10 Å². The third-order valence-corrected chi connectivity index (χ3v) is 5.97. The van der Waals surface area contributed by atoms with Crippen LogP contribution in [-0.4, -0.2) is 29.3 Å². The van der Waals surface area contributed by atoms with Crippen LogP contribution in [0.25, 0.3) is 0 Å². The molecule has 3 aromatic rings. The number of hydrogen-bond donors (Lipinski definition) is 3. The summed E-state index contributed by atoms with van der Waals surface area (Å²) < 4.78 is 17.1. The van der Waals surface area contributed by atoms with E-state index in [1.807, 2.05) is 52.0 Å². The molecular formula is C26H27N5O4. The highest BCUT2D eigenvalue weighted by Crippen LogP contribution is 2.44. The van der Waals surface area contributed by atoms with Gasteiger partial charge in [0.25, 0.3) is 5.91 Å². The fourth-order valence-electron chi connectivity index (χ4n) is 4.04. The van der Waals surface area contributed by atoms with E-state index >= 15 is 0 Å². The number of aryl methyl sites for hydroxylation is 2. The molecule has 0 saturated heterocycles. The van der Waals surface area contributed by atoms with Gasteiger partial charge in [0.1, 0.15) is 11.6 Å². The first-order valence-corrected chi connectivity index (χ1v) is 11.2. The molecule has 1 aliphatic rings. The van der Waals surface area contributed by atoms with E-state index in [4.69, 9.17) is 19.9 Å². The molecule has 9 heteroatoms. The van der Waals surface area contributed by atoms with Gasteiger partial charge in [0.05, 0.1) is 12.5 Å². The number of fused-ring (bicyclic) bond motifs is 1. The summed E-state index contributed by atoms with van der Waals surface area (Å²) in [5, 5.41) is 19.7. The molecule has 0 radical (unpaired) electrons. The second-order valence-corrected chi connectivity index (χ2v) is 8.22. The molecule has 1 aromatic heterocycles. The van der Waals surface area contributed by atoms with Crippen molar-refractivity contribution in [2.75, 3.05) is 18.5 Å². The predicted octanol–water partition coefficient (Wildman–Crippen LogP) is 3.97. The van der Waals surface area contributed by atoms with Crippen molar-refractivity contribution >= 4 is 11.6 Å². The molecule has 0 aliphatic carbocycles. The minimum atomic E-state index is -0.483. The van der Waals surface area contributed by atoms with Crippen LogP contribution in [0.3, 0.4) is 0 Å². The minimum absolute atomic E-state index is 0.0119. The Morgan fingerprint density at radius 2 is 2.03 bits per heavy atom. The number of nitrogens with one attached hydrogen (secondary N) is 2. The Kier molecular flexibility index (Phi) is 6.64. The van der Waals surface area contributed by atoms with E-state index in [1.165, 1.54) is 0 Å². The molecule has 1 atom stereocenters. The van der Waals surface area contributed by atoms with Crippen molar-refractivity contribution in [2.45, 2.75) is 33.6 Å². The lowest BCUT2D eigenvalue weighted by Gasteiger charge is -2.24. The van der Waals surface area contributed by atoms with E-state index in [9.17, 15) is 10.1 Å². The van der Waals surface area contributed by atoms with E-state index in [0.29, 0.717) is 24.0 Å². The Morgan fingerprint density at radius 3 is 2.77 bits per heavy atom. The highest BCUT2D eigenvalue weighted by Gasteiger charge is 2.34. The number of nitrogens with two attached hydrogens (primary N) is 1. The van der Waals surface area contributed by atoms with Crippen molar-refractivity contribution in [1.82, 2.24) is 10.2 Å². The molecule has 0 fully saturated rings. The van der Waals surface area contributed by atoms with E-state index in [2.05, 4.69) is 21.6 Å². The highest BCUT2D eigenvalue weighted by atomic mass is 16.5. The summed E-state index contributed by atoms with van der Waals surface area (Å²) in [7, 11) is 0. The number of amides is 1. The van der Waals surface area contributed by atoms with Gasteiger partial charge in [0.2, 0.25) is 11.8 Å². The average Bonchev–Trinajstić information content (AvgIpc) is 3.20. The highest BCUT2D eigenvalue weighted by molar-refractivity contribution is 5.92. The minimum Gasteiger partial charge on any atom is -0.490 e. The van der Waals surface area contributed by atoms with Crippen LogP contribution in [0.15, 0.2) is 47.9 Å². The van der Waals surface area contributed by atoms with Gasteiger partial charge in [0.15, 0.2) is 18.1 Å². The van der Waals surface area contributed by atoms with E-state index in [-0.39, 0.29) is 24.0 Å². The maximum Gasteiger partial charge on any atom is 0.262 e. The summed E-state index contributed by atoms with van der Waals surface area (Å²) in [6.45, 7) is 7.86. The number of H-pyrrole nitrogens is 1. The van der Waals surface area contributed by atoms with Crippen LogP contribution in [0.2, 0.25) is 0 Å². The first-order chi connectivity index (χ1) is 16.8. The lowest BCUT2D eigenvalue weighted by atomic mass is 9.84. The van der Waals surface area contributed by atoms with E-state index < -0.39 is 5.92 Å². The summed E-state index contributed by atoms with van der Waals surface area (Å²) in [6, 6.07) is 13.2. The van der Waals surface area contributed by atoms with Gasteiger partial charge in [-0.25, -0.2) is 0 Å². The first-order valence-electron chi connectivity index (χ1n) is 11.2. The molecule has 4 rings (SSSR count). The van der Waals surface area contributed by atoms with Crippen LogP contribution in [0.4, 0.5) is 5.69 Å². The fourth-order valence-corrected chi connectivity index (χ4v) is 4.04. The molecule has 2 aromatic carbocycles. The zero-order chi connectivity index (χ0) is 25.1. The Morgan fingerprint density at radius 1 is 1.23 bits per heavy atom. The Balaban J connectivity index is 1.59. The Hall–Kier alpha value is -4.45. The quantitative estimate of drug-likeness (QED) is 0.472. The summed E-state index contributed by atoms with van der Waals surface area (Å²) in [4.78, 5) is 12.5. The molecule has 35 heavy (non-hydrogen) atoms. The number of rotatable bonds is 7. The molecular weight excluding hydrogens is 446 g/mol. The average molecular weight is 474 g/mol. The molecule has 0 saturated carbocycles. The van der Waals surface area contributed by atoms with Crippen LogP contribution in [0, 0.1) is 32.1 Å². The number of benzene rings is 2. The third kappa shape index (κ3) is 4.64. The van der Waals surface area contributed by atoms with Crippen molar-refractivity contribution in [1.29, 1.82) is 5.26 Å². The van der Waals surface area contributed by atoms with Gasteiger partial charge in [-0.1, -0.05) is 18.2 Å². The lowest BCUT2D eigenvalue weighted by molar-refractivity contribution is -0.118. The van der Waals surface area contributed by atoms with Crippen LogP contribution in [-0.2, 0) is 4.79 Å². The monoisotopic (exact) mass is 473 g/mol. The molecule has 9 nitrogen and oxygen atoms in total. The third-order valence-electron chi connectivity index (χ3n) is 5.97. The van der Waals surface area contributed by atoms with Gasteiger partial charge in [-0.2, -0.15) is 5.26 Å². The molecule has 4 N–H and O–H groups in total.